The van der Waals surface area contributed by atoms with E-state index in [1.54, 1.807) is 30.3 Å². The second-order valence-corrected chi connectivity index (χ2v) is 11.4. The maximum atomic E-state index is 13.9. The lowest BCUT2D eigenvalue weighted by Crippen LogP contribution is -2.39. The van der Waals surface area contributed by atoms with Crippen molar-refractivity contribution in [1.29, 1.82) is 0 Å². The Morgan fingerprint density at radius 3 is 2.74 bits per heavy atom. The van der Waals surface area contributed by atoms with Crippen molar-refractivity contribution in [3.63, 3.8) is 0 Å². The van der Waals surface area contributed by atoms with Crippen LogP contribution >= 0.6 is 31.1 Å². The van der Waals surface area contributed by atoms with E-state index >= 15 is 0 Å². The number of nitrogens with zero attached hydrogens (tertiary/aromatic N) is 4. The highest BCUT2D eigenvalue weighted by Gasteiger charge is 2.47. The number of fused-ring (bicyclic) bond motifs is 1. The Morgan fingerprint density at radius 1 is 1.31 bits per heavy atom. The molecule has 2 aromatic heterocycles. The van der Waals surface area contributed by atoms with Gasteiger partial charge in [0.25, 0.3) is 0 Å². The molecule has 1 aliphatic rings. The maximum Gasteiger partial charge on any atom is 0.459 e. The predicted octanol–water partition coefficient (Wildman–Crippen LogP) is 1.77. The lowest BCUT2D eigenvalue weighted by atomic mass is 10.1. The van der Waals surface area contributed by atoms with Crippen LogP contribution in [-0.4, -0.2) is 85.8 Å². The summed E-state index contributed by atoms with van der Waals surface area (Å²) >= 11 is 7.76. The predicted molar refractivity (Wildman–Crippen MR) is 143 cm³/mol. The zero-order valence-electron chi connectivity index (χ0n) is 20.9. The van der Waals surface area contributed by atoms with Gasteiger partial charge in [-0.15, -0.1) is 0 Å². The van der Waals surface area contributed by atoms with E-state index in [0.717, 1.165) is 0 Å². The number of esters is 1. The first-order valence-electron chi connectivity index (χ1n) is 11.7. The number of ether oxygens (including phenoxy) is 2. The fraction of sp³-hybridized carbons (Fsp3) is 0.455. The summed E-state index contributed by atoms with van der Waals surface area (Å²) in [6.07, 6.45) is -2.05. The largest absolute Gasteiger partial charge is 0.468 e. The summed E-state index contributed by atoms with van der Waals surface area (Å²) in [6, 6.07) is 7.21. The first-order valence-corrected chi connectivity index (χ1v) is 15.0. The molecule has 0 bridgehead atoms. The lowest BCUT2D eigenvalue weighted by Gasteiger charge is -2.25. The third kappa shape index (κ3) is 6.64. The molecule has 17 heteroatoms. The van der Waals surface area contributed by atoms with Crippen LogP contribution in [0.2, 0.25) is 5.28 Å². The smallest absolute Gasteiger partial charge is 0.459 e. The van der Waals surface area contributed by atoms with E-state index in [9.17, 15) is 19.6 Å². The van der Waals surface area contributed by atoms with E-state index in [-0.39, 0.29) is 34.4 Å². The molecule has 1 aliphatic heterocycles. The van der Waals surface area contributed by atoms with Gasteiger partial charge in [0.1, 0.15) is 36.4 Å². The van der Waals surface area contributed by atoms with E-state index in [1.165, 1.54) is 29.8 Å². The number of para-hydroxylation sites is 1. The van der Waals surface area contributed by atoms with Gasteiger partial charge in [0.15, 0.2) is 23.2 Å². The Labute approximate surface area is 232 Å². The monoisotopic (exact) mass is 602 g/mol. The summed E-state index contributed by atoms with van der Waals surface area (Å²) in [5.74, 6) is 0.186. The van der Waals surface area contributed by atoms with Gasteiger partial charge in [-0.3, -0.25) is 13.9 Å². The number of carbonyl (C=O) groups excluding carboxylic acids is 1. The van der Waals surface area contributed by atoms with Crippen LogP contribution in [0.25, 0.3) is 11.2 Å². The molecular weight excluding hydrogens is 575 g/mol. The molecule has 0 aliphatic carbocycles. The molecule has 2 unspecified atom stereocenters. The van der Waals surface area contributed by atoms with Crippen LogP contribution in [0, 0.1) is 0 Å². The molecule has 1 aromatic carbocycles. The normalized spacial score (nSPS) is 23.4. The van der Waals surface area contributed by atoms with Crippen molar-refractivity contribution >= 4 is 54.1 Å². The van der Waals surface area contributed by atoms with Crippen molar-refractivity contribution in [1.82, 2.24) is 24.6 Å². The molecule has 1 saturated heterocycles. The quantitative estimate of drug-likeness (QED) is 0.133. The van der Waals surface area contributed by atoms with Gasteiger partial charge in [-0.25, -0.2) is 19.5 Å². The number of aliphatic hydroxyl groups excluding tert-OH is 2. The Hall–Kier alpha value is -2.49. The highest BCUT2D eigenvalue weighted by Crippen LogP contribution is 2.46. The first-order chi connectivity index (χ1) is 18.7. The number of aliphatic hydroxyl groups is 2. The summed E-state index contributed by atoms with van der Waals surface area (Å²) in [6.45, 7) is -0.496. The standard InChI is InChI=1S/C22H28ClN6O8PS/c1-34-21(32)13(8-9-39-2)28-38(33,37-12-6-4-3-5-7-12)35-10-14-16(30)17(31)20(36-14)29-19-15(27-22(29)23)18(24)25-11-26-19/h3-7,11,13-14,16-17,20,30-31H,8-10H2,1-2H3,(H,28,33)(H2,24,25,26)/t13-,14+,16?,17-,20+,38?/m0/s1. The molecule has 0 saturated carbocycles. The van der Waals surface area contributed by atoms with Gasteiger partial charge in [-0.05, 0) is 42.2 Å². The number of nitrogen functional groups attached to an aromatic ring is 1. The van der Waals surface area contributed by atoms with Gasteiger partial charge in [0.05, 0.1) is 13.7 Å². The maximum absolute atomic E-state index is 13.9. The van der Waals surface area contributed by atoms with Crippen molar-refractivity contribution < 1.29 is 38.1 Å². The molecule has 0 amide bonds. The van der Waals surface area contributed by atoms with Gasteiger partial charge in [-0.2, -0.15) is 16.8 Å². The van der Waals surface area contributed by atoms with Crippen molar-refractivity contribution in [2.45, 2.75) is 37.0 Å². The van der Waals surface area contributed by atoms with Crippen LogP contribution in [0.4, 0.5) is 5.82 Å². The third-order valence-electron chi connectivity index (χ3n) is 5.84. The first kappa shape index (κ1) is 29.5. The van der Waals surface area contributed by atoms with Crippen molar-refractivity contribution in [2.75, 3.05) is 31.5 Å². The summed E-state index contributed by atoms with van der Waals surface area (Å²) in [5, 5.41) is 24.1. The SMILES string of the molecule is COC(=O)[C@H](CCSC)NP(=O)(OC[C@H]1O[C@@H](n2c(Cl)nc3c(N)ncnc32)[C@@H](O)C1O)Oc1ccccc1. The summed E-state index contributed by atoms with van der Waals surface area (Å²) in [5.41, 5.74) is 6.21. The number of aromatic nitrogens is 4. The average Bonchev–Trinajstić information content (AvgIpc) is 3.41. The van der Waals surface area contributed by atoms with E-state index in [1.807, 2.05) is 6.26 Å². The number of nitrogens with two attached hydrogens (primary N) is 1. The van der Waals surface area contributed by atoms with Gasteiger partial charge < -0.3 is 29.9 Å². The number of methoxy groups -OCH3 is 1. The Balaban J connectivity index is 1.55. The van der Waals surface area contributed by atoms with Crippen molar-refractivity contribution in [3.05, 3.63) is 41.9 Å². The minimum Gasteiger partial charge on any atom is -0.468 e. The van der Waals surface area contributed by atoms with E-state index in [2.05, 4.69) is 20.0 Å². The average molecular weight is 603 g/mol. The second kappa shape index (κ2) is 12.8. The molecule has 0 radical (unpaired) electrons. The molecule has 4 rings (SSSR count). The molecule has 5 N–H and O–H groups in total. The summed E-state index contributed by atoms with van der Waals surface area (Å²) < 4.78 is 37.1. The number of benzene rings is 1. The number of hydrogen-bond donors (Lipinski definition) is 4. The zero-order valence-corrected chi connectivity index (χ0v) is 23.4. The van der Waals surface area contributed by atoms with Crippen LogP contribution < -0.4 is 15.3 Å². The van der Waals surface area contributed by atoms with E-state index in [0.29, 0.717) is 5.75 Å². The number of rotatable bonds is 12. The van der Waals surface area contributed by atoms with Gasteiger partial charge >= 0.3 is 13.7 Å². The number of carbonyl (C=O) groups is 1. The molecule has 39 heavy (non-hydrogen) atoms. The van der Waals surface area contributed by atoms with E-state index < -0.39 is 50.9 Å². The minimum absolute atomic E-state index is 0.0697. The van der Waals surface area contributed by atoms with Crippen LogP contribution in [0.1, 0.15) is 12.6 Å². The number of nitrogens with one attached hydrogen (secondary N) is 1. The zero-order chi connectivity index (χ0) is 28.2. The van der Waals surface area contributed by atoms with Crippen molar-refractivity contribution in [3.8, 4) is 5.75 Å². The molecule has 3 heterocycles. The minimum atomic E-state index is -4.25. The van der Waals surface area contributed by atoms with E-state index in [4.69, 9.17) is 35.9 Å². The van der Waals surface area contributed by atoms with Crippen LogP contribution in [0.3, 0.4) is 0 Å². The second-order valence-electron chi connectivity index (χ2n) is 8.41. The fourth-order valence-electron chi connectivity index (χ4n) is 3.89. The Bertz CT molecular complexity index is 1340. The molecule has 3 aromatic rings. The third-order valence-corrected chi connectivity index (χ3v) is 8.32. The van der Waals surface area contributed by atoms with Crippen LogP contribution in [0.5, 0.6) is 5.75 Å². The molecule has 212 valence electrons. The molecule has 14 nitrogen and oxygen atoms in total. The number of thioether (sulfide) groups is 1. The molecule has 6 atom stereocenters. The molecule has 0 spiro atoms. The van der Waals surface area contributed by atoms with Gasteiger partial charge in [0, 0.05) is 0 Å². The highest BCUT2D eigenvalue weighted by molar-refractivity contribution is 7.98. The Kier molecular flexibility index (Phi) is 9.67. The fourth-order valence-corrected chi connectivity index (χ4v) is 6.16. The molecular formula is C22H28ClN6O8PS. The van der Waals surface area contributed by atoms with Crippen LogP contribution in [-0.2, 0) is 23.4 Å². The number of halogens is 1. The van der Waals surface area contributed by atoms with Gasteiger partial charge in [-0.1, -0.05) is 18.2 Å². The summed E-state index contributed by atoms with van der Waals surface area (Å²) in [7, 11) is -3.04. The number of hydrogen-bond acceptors (Lipinski definition) is 13. The molecule has 1 fully saturated rings. The number of anilines is 1. The van der Waals surface area contributed by atoms with Gasteiger partial charge in [0.2, 0.25) is 5.28 Å². The summed E-state index contributed by atoms with van der Waals surface area (Å²) in [4.78, 5) is 24.5. The highest BCUT2D eigenvalue weighted by atomic mass is 35.5. The van der Waals surface area contributed by atoms with Crippen LogP contribution in [0.15, 0.2) is 36.7 Å². The lowest BCUT2D eigenvalue weighted by molar-refractivity contribution is -0.142. The topological polar surface area (TPSA) is 193 Å². The Morgan fingerprint density at radius 2 is 2.05 bits per heavy atom. The van der Waals surface area contributed by atoms with Crippen molar-refractivity contribution in [2.24, 2.45) is 0 Å². The number of imidazole rings is 1.